The number of ether oxygens (including phenoxy) is 1. The molecule has 0 aliphatic carbocycles. The first kappa shape index (κ1) is 19.9. The third-order valence-electron chi connectivity index (χ3n) is 4.94. The van der Waals surface area contributed by atoms with Crippen molar-refractivity contribution in [2.24, 2.45) is 0 Å². The first-order valence-corrected chi connectivity index (χ1v) is 10.2. The molecule has 0 N–H and O–H groups in total. The Labute approximate surface area is 167 Å². The van der Waals surface area contributed by atoms with Crippen molar-refractivity contribution in [2.75, 3.05) is 6.61 Å². The lowest BCUT2D eigenvalue weighted by atomic mass is 9.89. The van der Waals surface area contributed by atoms with Crippen molar-refractivity contribution in [3.8, 4) is 0 Å². The Balaban J connectivity index is 2.20. The maximum atomic E-state index is 12.7. The second kappa shape index (κ2) is 9.89. The topological polar surface area (TPSA) is 26.3 Å². The third kappa shape index (κ3) is 4.69. The van der Waals surface area contributed by atoms with Crippen LogP contribution in [0.1, 0.15) is 61.0 Å². The summed E-state index contributed by atoms with van der Waals surface area (Å²) in [7, 11) is 0. The van der Waals surface area contributed by atoms with E-state index in [1.165, 1.54) is 18.4 Å². The summed E-state index contributed by atoms with van der Waals surface area (Å²) in [6, 6.07) is 22.5. The Kier molecular flexibility index (Phi) is 7.02. The van der Waals surface area contributed by atoms with E-state index in [1.54, 1.807) is 0 Å². The summed E-state index contributed by atoms with van der Waals surface area (Å²) in [6.07, 6.45) is 6.59. The minimum atomic E-state index is -0.252. The first-order valence-electron chi connectivity index (χ1n) is 10.2. The molecular formula is C26H28O2. The molecule has 0 spiro atoms. The van der Waals surface area contributed by atoms with Crippen LogP contribution >= 0.6 is 0 Å². The van der Waals surface area contributed by atoms with Gasteiger partial charge in [0.15, 0.2) is 0 Å². The average Bonchev–Trinajstić information content (AvgIpc) is 2.73. The maximum Gasteiger partial charge on any atom is 0.338 e. The Bertz CT molecular complexity index is 955. The minimum absolute atomic E-state index is 0.252. The zero-order chi connectivity index (χ0) is 19.8. The van der Waals surface area contributed by atoms with Crippen molar-refractivity contribution in [1.82, 2.24) is 0 Å². The lowest BCUT2D eigenvalue weighted by Crippen LogP contribution is -2.08. The largest absolute Gasteiger partial charge is 0.462 e. The van der Waals surface area contributed by atoms with E-state index in [2.05, 4.69) is 37.3 Å². The fourth-order valence-corrected chi connectivity index (χ4v) is 3.58. The van der Waals surface area contributed by atoms with Crippen LogP contribution in [0.4, 0.5) is 0 Å². The Morgan fingerprint density at radius 3 is 2.39 bits per heavy atom. The van der Waals surface area contributed by atoms with Crippen LogP contribution in [0.5, 0.6) is 0 Å². The summed E-state index contributed by atoms with van der Waals surface area (Å²) in [4.78, 5) is 12.7. The number of carbonyl (C=O) groups is 1. The highest BCUT2D eigenvalue weighted by molar-refractivity contribution is 6.07. The minimum Gasteiger partial charge on any atom is -0.462 e. The number of rotatable bonds is 8. The van der Waals surface area contributed by atoms with Gasteiger partial charge in [-0.15, -0.1) is 0 Å². The fourth-order valence-electron chi connectivity index (χ4n) is 3.58. The van der Waals surface area contributed by atoms with E-state index in [0.717, 1.165) is 34.7 Å². The van der Waals surface area contributed by atoms with Gasteiger partial charge in [-0.2, -0.15) is 0 Å². The molecule has 0 aliphatic rings. The predicted octanol–water partition coefficient (Wildman–Crippen LogP) is 7.14. The van der Waals surface area contributed by atoms with E-state index in [1.807, 2.05) is 49.4 Å². The monoisotopic (exact) mass is 372 g/mol. The van der Waals surface area contributed by atoms with Gasteiger partial charge in [0.1, 0.15) is 0 Å². The van der Waals surface area contributed by atoms with E-state index in [9.17, 15) is 4.79 Å². The van der Waals surface area contributed by atoms with Crippen molar-refractivity contribution < 1.29 is 9.53 Å². The van der Waals surface area contributed by atoms with Crippen molar-refractivity contribution in [3.63, 3.8) is 0 Å². The molecule has 0 atom stereocenters. The quantitative estimate of drug-likeness (QED) is 0.239. The fraction of sp³-hybridized carbons (Fsp3) is 0.269. The van der Waals surface area contributed by atoms with Crippen LogP contribution < -0.4 is 0 Å². The van der Waals surface area contributed by atoms with E-state index in [4.69, 9.17) is 4.74 Å². The van der Waals surface area contributed by atoms with Crippen LogP contribution in [0.2, 0.25) is 0 Å². The van der Waals surface area contributed by atoms with Crippen molar-refractivity contribution in [2.45, 2.75) is 39.5 Å². The molecule has 3 rings (SSSR count). The van der Waals surface area contributed by atoms with Crippen LogP contribution in [-0.2, 0) is 4.74 Å². The van der Waals surface area contributed by atoms with Crippen molar-refractivity contribution >= 4 is 28.4 Å². The Hall–Kier alpha value is -2.87. The van der Waals surface area contributed by atoms with E-state index < -0.39 is 0 Å². The summed E-state index contributed by atoms with van der Waals surface area (Å²) in [5.41, 5.74) is 4.01. The number of carbonyl (C=O) groups excluding carboxylic acids is 1. The number of fused-ring (bicyclic) bond motifs is 1. The molecule has 0 aromatic heterocycles. The predicted molar refractivity (Wildman–Crippen MR) is 118 cm³/mol. The number of esters is 1. The average molecular weight is 373 g/mol. The molecule has 2 nitrogen and oxygen atoms in total. The van der Waals surface area contributed by atoms with Gasteiger partial charge in [0, 0.05) is 0 Å². The van der Waals surface area contributed by atoms with Crippen LogP contribution in [0, 0.1) is 0 Å². The molecule has 0 fully saturated rings. The van der Waals surface area contributed by atoms with Crippen LogP contribution in [0.3, 0.4) is 0 Å². The zero-order valence-electron chi connectivity index (χ0n) is 16.8. The zero-order valence-corrected chi connectivity index (χ0v) is 16.8. The van der Waals surface area contributed by atoms with E-state index in [-0.39, 0.29) is 5.97 Å². The number of hydrogen-bond acceptors (Lipinski definition) is 2. The highest BCUT2D eigenvalue weighted by Crippen LogP contribution is 2.34. The second-order valence-electron chi connectivity index (χ2n) is 6.97. The summed E-state index contributed by atoms with van der Waals surface area (Å²) in [5, 5.41) is 2.24. The lowest BCUT2D eigenvalue weighted by Gasteiger charge is -2.16. The Morgan fingerprint density at radius 2 is 1.64 bits per heavy atom. The van der Waals surface area contributed by atoms with Gasteiger partial charge in [-0.3, -0.25) is 0 Å². The first-order chi connectivity index (χ1) is 13.7. The highest BCUT2D eigenvalue weighted by atomic mass is 16.5. The molecule has 0 aliphatic heterocycles. The summed E-state index contributed by atoms with van der Waals surface area (Å²) in [6.45, 7) is 4.43. The number of allylic oxidation sites excluding steroid dienone is 1. The molecule has 0 unspecified atom stereocenters. The van der Waals surface area contributed by atoms with E-state index >= 15 is 0 Å². The summed E-state index contributed by atoms with van der Waals surface area (Å²) in [5.74, 6) is -0.252. The van der Waals surface area contributed by atoms with Gasteiger partial charge in [0.05, 0.1) is 12.2 Å². The van der Waals surface area contributed by atoms with Crippen molar-refractivity contribution in [3.05, 3.63) is 83.4 Å². The molecular weight excluding hydrogens is 344 g/mol. The lowest BCUT2D eigenvalue weighted by molar-refractivity contribution is 0.0526. The van der Waals surface area contributed by atoms with Crippen LogP contribution in [0.15, 0.2) is 66.7 Å². The molecule has 0 amide bonds. The van der Waals surface area contributed by atoms with Gasteiger partial charge in [-0.1, -0.05) is 86.5 Å². The van der Waals surface area contributed by atoms with Gasteiger partial charge in [0.25, 0.3) is 0 Å². The third-order valence-corrected chi connectivity index (χ3v) is 4.94. The van der Waals surface area contributed by atoms with Gasteiger partial charge < -0.3 is 4.74 Å². The highest BCUT2D eigenvalue weighted by Gasteiger charge is 2.18. The molecule has 144 valence electrons. The summed E-state index contributed by atoms with van der Waals surface area (Å²) < 4.78 is 5.38. The SMILES string of the molecule is CCCCC/C(=C/c1ccccc1)c1c(C(=O)OCC)ccc2ccccc12. The molecule has 0 saturated heterocycles. The number of benzene rings is 3. The van der Waals surface area contributed by atoms with Gasteiger partial charge in [0.2, 0.25) is 0 Å². The molecule has 0 radical (unpaired) electrons. The molecule has 2 heteroatoms. The van der Waals surface area contributed by atoms with Crippen LogP contribution in [0.25, 0.3) is 22.4 Å². The Morgan fingerprint density at radius 1 is 0.893 bits per heavy atom. The molecule has 3 aromatic rings. The number of unbranched alkanes of at least 4 members (excludes halogenated alkanes) is 2. The smallest absolute Gasteiger partial charge is 0.338 e. The van der Waals surface area contributed by atoms with Crippen molar-refractivity contribution in [1.29, 1.82) is 0 Å². The van der Waals surface area contributed by atoms with E-state index in [0.29, 0.717) is 12.2 Å². The standard InChI is InChI=1S/C26H28O2/c1-3-5-7-15-22(19-20-12-8-6-9-13-20)25-23-16-11-10-14-21(23)17-18-24(25)26(27)28-4-2/h6,8-14,16-19H,3-5,7,15H2,1-2H3/b22-19-. The molecule has 28 heavy (non-hydrogen) atoms. The molecule has 0 bridgehead atoms. The second-order valence-corrected chi connectivity index (χ2v) is 6.97. The van der Waals surface area contributed by atoms with Gasteiger partial charge in [-0.25, -0.2) is 4.79 Å². The normalized spacial score (nSPS) is 11.6. The summed E-state index contributed by atoms with van der Waals surface area (Å²) >= 11 is 0. The van der Waals surface area contributed by atoms with Gasteiger partial charge in [-0.05, 0) is 53.3 Å². The molecule has 0 heterocycles. The van der Waals surface area contributed by atoms with Gasteiger partial charge >= 0.3 is 5.97 Å². The van der Waals surface area contributed by atoms with Crippen LogP contribution in [-0.4, -0.2) is 12.6 Å². The number of hydrogen-bond donors (Lipinski definition) is 0. The maximum absolute atomic E-state index is 12.7. The molecule has 3 aromatic carbocycles. The molecule has 0 saturated carbocycles.